The Kier molecular flexibility index (Phi) is 8.90. The third kappa shape index (κ3) is 7.16. The Bertz CT molecular complexity index is 1620. The molecule has 3 heterocycles. The molecule has 0 aliphatic heterocycles. The zero-order chi connectivity index (χ0) is 31.6. The van der Waals surface area contributed by atoms with E-state index in [1.54, 1.807) is 0 Å². The number of ether oxygens (including phenoxy) is 1. The largest absolute Gasteiger partial charge is 0.484 e. The van der Waals surface area contributed by atoms with E-state index >= 15 is 0 Å². The number of aromatic nitrogens is 5. The minimum Gasteiger partial charge on any atom is -0.484 e. The maximum Gasteiger partial charge on any atom is 0.320 e. The molecule has 0 radical (unpaired) electrons. The molecule has 234 valence electrons. The molecule has 44 heavy (non-hydrogen) atoms. The number of urea groups is 1. The van der Waals surface area contributed by atoms with E-state index in [2.05, 4.69) is 73.4 Å². The lowest BCUT2D eigenvalue weighted by Crippen LogP contribution is -2.36. The van der Waals surface area contributed by atoms with Gasteiger partial charge in [-0.25, -0.2) is 14.8 Å². The van der Waals surface area contributed by atoms with Gasteiger partial charge in [0, 0.05) is 23.4 Å². The molecular weight excluding hydrogens is 556 g/mol. The van der Waals surface area contributed by atoms with Crippen LogP contribution in [-0.4, -0.2) is 60.8 Å². The number of hydrogen-bond donors (Lipinski definition) is 3. The fourth-order valence-electron chi connectivity index (χ4n) is 5.46. The number of carbonyl (C=O) groups is 1. The number of amides is 2. The predicted octanol–water partition coefficient (Wildman–Crippen LogP) is 5.32. The van der Waals surface area contributed by atoms with Crippen LogP contribution in [0.1, 0.15) is 95.0 Å². The summed E-state index contributed by atoms with van der Waals surface area (Å²) in [6.45, 7) is 13.6. The van der Waals surface area contributed by atoms with E-state index in [0.717, 1.165) is 40.5 Å². The van der Waals surface area contributed by atoms with Crippen molar-refractivity contribution in [2.45, 2.75) is 83.9 Å². The molecule has 0 fully saturated rings. The third-order valence-corrected chi connectivity index (χ3v) is 7.74. The van der Waals surface area contributed by atoms with Crippen LogP contribution >= 0.6 is 0 Å². The van der Waals surface area contributed by atoms with Crippen molar-refractivity contribution in [1.82, 2.24) is 34.8 Å². The number of nitrogens with zero attached hydrogens (tertiary/aromatic N) is 6. The molecular formula is C33H44N8O3. The molecule has 0 saturated heterocycles. The molecule has 2 atom stereocenters. The highest BCUT2D eigenvalue weighted by molar-refractivity contribution is 5.88. The van der Waals surface area contributed by atoms with Crippen LogP contribution in [0.3, 0.4) is 0 Å². The van der Waals surface area contributed by atoms with Crippen molar-refractivity contribution in [2.24, 2.45) is 0 Å². The first-order valence-corrected chi connectivity index (χ1v) is 15.2. The summed E-state index contributed by atoms with van der Waals surface area (Å²) in [4.78, 5) is 24.6. The lowest BCUT2D eigenvalue weighted by molar-refractivity contribution is 0.171. The number of pyridine rings is 1. The van der Waals surface area contributed by atoms with E-state index in [-0.39, 0.29) is 35.6 Å². The topological polar surface area (TPSA) is 130 Å². The highest BCUT2D eigenvalue weighted by Gasteiger charge is 2.30. The summed E-state index contributed by atoms with van der Waals surface area (Å²) in [5.74, 6) is 2.65. The van der Waals surface area contributed by atoms with E-state index in [1.807, 2.05) is 58.9 Å². The summed E-state index contributed by atoms with van der Waals surface area (Å²) in [7, 11) is 1.90. The highest BCUT2D eigenvalue weighted by Crippen LogP contribution is 2.39. The van der Waals surface area contributed by atoms with Gasteiger partial charge in [0.05, 0.1) is 31.1 Å². The normalized spacial score (nSPS) is 17.0. The molecule has 0 saturated carbocycles. The number of anilines is 1. The van der Waals surface area contributed by atoms with Crippen LogP contribution in [0.5, 0.6) is 5.75 Å². The molecule has 4 aromatic rings. The van der Waals surface area contributed by atoms with E-state index in [0.29, 0.717) is 31.2 Å². The number of rotatable bonds is 8. The lowest BCUT2D eigenvalue weighted by atomic mass is 9.85. The molecule has 11 nitrogen and oxygen atoms in total. The molecule has 1 aliphatic rings. The Morgan fingerprint density at radius 1 is 1.02 bits per heavy atom. The second kappa shape index (κ2) is 12.5. The smallest absolute Gasteiger partial charge is 0.320 e. The van der Waals surface area contributed by atoms with Crippen LogP contribution in [0.4, 0.5) is 10.6 Å². The summed E-state index contributed by atoms with van der Waals surface area (Å²) in [5.41, 5.74) is 3.30. The van der Waals surface area contributed by atoms with Crippen molar-refractivity contribution in [2.75, 3.05) is 25.5 Å². The first-order chi connectivity index (χ1) is 20.8. The molecule has 3 aromatic heterocycles. The zero-order valence-electron chi connectivity index (χ0n) is 26.8. The van der Waals surface area contributed by atoms with Crippen LogP contribution < -0.4 is 15.4 Å². The second-order valence-electron chi connectivity index (χ2n) is 13.6. The Labute approximate surface area is 259 Å². The number of likely N-dealkylation sites (N-methyl/N-ethyl adjacent to an activating group) is 1. The van der Waals surface area contributed by atoms with E-state index in [1.165, 1.54) is 0 Å². The van der Waals surface area contributed by atoms with Crippen molar-refractivity contribution in [3.63, 3.8) is 0 Å². The summed E-state index contributed by atoms with van der Waals surface area (Å²) < 4.78 is 8.53. The molecule has 5 rings (SSSR count). The minimum absolute atomic E-state index is 0.0488. The fraction of sp³-hybridized carbons (Fsp3) is 0.485. The molecule has 1 aliphatic carbocycles. The molecule has 0 bridgehead atoms. The summed E-state index contributed by atoms with van der Waals surface area (Å²) >= 11 is 0. The monoisotopic (exact) mass is 600 g/mol. The van der Waals surface area contributed by atoms with Gasteiger partial charge in [0.25, 0.3) is 0 Å². The van der Waals surface area contributed by atoms with Gasteiger partial charge in [-0.1, -0.05) is 65.8 Å². The van der Waals surface area contributed by atoms with E-state index in [9.17, 15) is 9.90 Å². The van der Waals surface area contributed by atoms with Gasteiger partial charge < -0.3 is 15.2 Å². The van der Waals surface area contributed by atoms with Gasteiger partial charge in [0.15, 0.2) is 5.65 Å². The first kappa shape index (κ1) is 31.3. The van der Waals surface area contributed by atoms with Gasteiger partial charge in [-0.15, -0.1) is 10.2 Å². The predicted molar refractivity (Wildman–Crippen MR) is 170 cm³/mol. The van der Waals surface area contributed by atoms with Gasteiger partial charge in [0.2, 0.25) is 0 Å². The van der Waals surface area contributed by atoms with Gasteiger partial charge in [-0.05, 0) is 43.1 Å². The van der Waals surface area contributed by atoms with Crippen LogP contribution in [0, 0.1) is 0 Å². The number of aliphatic hydroxyl groups is 1. The molecule has 1 aromatic carbocycles. The van der Waals surface area contributed by atoms with Crippen LogP contribution in [-0.2, 0) is 17.4 Å². The standard InChI is InChI=1S/C33H44N8O3/c1-32(2,3)26-18-27(36-28(35-26)20-40(7)16-17-42)37-31(43)34-24-13-14-25(23-11-9-8-10-22(23)24)44-21-12-15-29-38-39-30(33(4,5)6)41(29)19-21/h8-12,15,18-19,24-25,42H,13-14,16-17,20H2,1-7H3,(H2,34,35,36,37,43)/t24-,25+/m0/s1. The highest BCUT2D eigenvalue weighted by atomic mass is 16.5. The van der Waals surface area contributed by atoms with Gasteiger partial charge in [-0.2, -0.15) is 0 Å². The number of nitrogens with one attached hydrogen (secondary N) is 2. The molecule has 2 amide bonds. The van der Waals surface area contributed by atoms with Crippen LogP contribution in [0.15, 0.2) is 48.7 Å². The Balaban J connectivity index is 1.32. The fourth-order valence-corrected chi connectivity index (χ4v) is 5.46. The number of benzene rings is 1. The van der Waals surface area contributed by atoms with Crippen molar-refractivity contribution >= 4 is 17.5 Å². The van der Waals surface area contributed by atoms with Crippen molar-refractivity contribution < 1.29 is 14.6 Å². The van der Waals surface area contributed by atoms with Crippen molar-refractivity contribution in [3.05, 3.63) is 77.1 Å². The maximum absolute atomic E-state index is 13.3. The molecule has 0 unspecified atom stereocenters. The number of carbonyl (C=O) groups excluding carboxylic acids is 1. The lowest BCUT2D eigenvalue weighted by Gasteiger charge is -2.32. The SMILES string of the molecule is CN(CCO)Cc1nc(NC(=O)N[C@H]2CC[C@@H](Oc3ccc4nnc(C(C)(C)C)n4c3)c3ccccc32)cc(C(C)(C)C)n1. The van der Waals surface area contributed by atoms with Gasteiger partial charge >= 0.3 is 6.03 Å². The average Bonchev–Trinajstić information content (AvgIpc) is 3.38. The average molecular weight is 601 g/mol. The third-order valence-electron chi connectivity index (χ3n) is 7.74. The van der Waals surface area contributed by atoms with Crippen molar-refractivity contribution in [3.8, 4) is 5.75 Å². The number of fused-ring (bicyclic) bond motifs is 2. The number of aliphatic hydroxyl groups excluding tert-OH is 1. The van der Waals surface area contributed by atoms with Gasteiger partial charge in [0.1, 0.15) is 29.3 Å². The van der Waals surface area contributed by atoms with Crippen LogP contribution in [0.2, 0.25) is 0 Å². The van der Waals surface area contributed by atoms with Crippen molar-refractivity contribution in [1.29, 1.82) is 0 Å². The quantitative estimate of drug-likeness (QED) is 0.248. The van der Waals surface area contributed by atoms with Crippen LogP contribution in [0.25, 0.3) is 5.65 Å². The first-order valence-electron chi connectivity index (χ1n) is 15.2. The second-order valence-corrected chi connectivity index (χ2v) is 13.6. The summed E-state index contributed by atoms with van der Waals surface area (Å²) in [6.07, 6.45) is 3.25. The summed E-state index contributed by atoms with van der Waals surface area (Å²) in [5, 5.41) is 24.1. The zero-order valence-corrected chi connectivity index (χ0v) is 26.8. The Morgan fingerprint density at radius 2 is 1.77 bits per heavy atom. The molecule has 3 N–H and O–H groups in total. The Hall–Kier alpha value is -4.09. The number of hydrogen-bond acceptors (Lipinski definition) is 8. The molecule has 11 heteroatoms. The van der Waals surface area contributed by atoms with Gasteiger partial charge in [-0.3, -0.25) is 14.6 Å². The summed E-state index contributed by atoms with van der Waals surface area (Å²) in [6, 6.07) is 13.3. The van der Waals surface area contributed by atoms with E-state index in [4.69, 9.17) is 9.72 Å². The minimum atomic E-state index is -0.329. The Morgan fingerprint density at radius 3 is 2.48 bits per heavy atom. The maximum atomic E-state index is 13.3. The molecule has 0 spiro atoms. The van der Waals surface area contributed by atoms with E-state index < -0.39 is 0 Å².